The van der Waals surface area contributed by atoms with Crippen molar-refractivity contribution < 1.29 is 28.9 Å². The molecule has 0 radical (unpaired) electrons. The standard InChI is InChI=1S/C10H16O3.C7H12O2.C3H4O/c1-5-7-12-8-6-9(11)13-10(2,3)4;1-5-6(8)9-7(2,3)4;1-2-3-4/h1H,6-8H2,2-4H3;5H,1H2,2-4H3;1,4H,3H2. The summed E-state index contributed by atoms with van der Waals surface area (Å²) in [6.45, 7) is 14.6. The van der Waals surface area contributed by atoms with Gasteiger partial charge < -0.3 is 19.3 Å². The summed E-state index contributed by atoms with van der Waals surface area (Å²) in [5.41, 5.74) is -0.825. The first kappa shape index (κ1) is 28.5. The van der Waals surface area contributed by atoms with E-state index in [9.17, 15) is 9.59 Å². The number of aliphatic hydroxyl groups is 1. The van der Waals surface area contributed by atoms with E-state index in [-0.39, 0.29) is 31.6 Å². The van der Waals surface area contributed by atoms with Gasteiger partial charge in [0.1, 0.15) is 24.4 Å². The Hall–Kier alpha value is -2.28. The summed E-state index contributed by atoms with van der Waals surface area (Å²) in [4.78, 5) is 21.6. The van der Waals surface area contributed by atoms with Crippen LogP contribution in [0.3, 0.4) is 0 Å². The van der Waals surface area contributed by atoms with Crippen LogP contribution in [0, 0.1) is 24.7 Å². The van der Waals surface area contributed by atoms with Gasteiger partial charge in [-0.2, -0.15) is 0 Å². The summed E-state index contributed by atoms with van der Waals surface area (Å²) in [5, 5.41) is 7.64. The molecule has 0 saturated carbocycles. The van der Waals surface area contributed by atoms with Crippen LogP contribution in [-0.2, 0) is 23.8 Å². The van der Waals surface area contributed by atoms with E-state index in [0.29, 0.717) is 6.61 Å². The van der Waals surface area contributed by atoms with Gasteiger partial charge in [-0.25, -0.2) is 4.79 Å². The van der Waals surface area contributed by atoms with Gasteiger partial charge in [-0.3, -0.25) is 4.79 Å². The molecule has 0 rings (SSSR count). The second kappa shape index (κ2) is 16.2. The molecule has 0 amide bonds. The van der Waals surface area contributed by atoms with Gasteiger partial charge in [0.15, 0.2) is 0 Å². The van der Waals surface area contributed by atoms with Crippen molar-refractivity contribution >= 4 is 11.9 Å². The second-order valence-electron chi connectivity index (χ2n) is 6.69. The number of terminal acetylenes is 2. The zero-order valence-electron chi connectivity index (χ0n) is 16.8. The Morgan fingerprint density at radius 1 is 1.04 bits per heavy atom. The van der Waals surface area contributed by atoms with Crippen LogP contribution in [0.2, 0.25) is 0 Å². The van der Waals surface area contributed by atoms with Crippen LogP contribution in [0.15, 0.2) is 12.7 Å². The van der Waals surface area contributed by atoms with E-state index < -0.39 is 11.2 Å². The van der Waals surface area contributed by atoms with Crippen molar-refractivity contribution in [1.82, 2.24) is 0 Å². The molecule has 0 aromatic carbocycles. The zero-order chi connectivity index (χ0) is 21.2. The molecule has 0 spiro atoms. The van der Waals surface area contributed by atoms with Gasteiger partial charge in [0.2, 0.25) is 0 Å². The Morgan fingerprint density at radius 3 is 1.77 bits per heavy atom. The molecule has 0 aliphatic rings. The lowest BCUT2D eigenvalue weighted by molar-refractivity contribution is -0.156. The molecule has 6 nitrogen and oxygen atoms in total. The fourth-order valence-electron chi connectivity index (χ4n) is 1.02. The van der Waals surface area contributed by atoms with Gasteiger partial charge in [-0.15, -0.1) is 12.8 Å². The van der Waals surface area contributed by atoms with Gasteiger partial charge >= 0.3 is 11.9 Å². The van der Waals surface area contributed by atoms with Crippen molar-refractivity contribution in [1.29, 1.82) is 0 Å². The minimum Gasteiger partial charge on any atom is -0.460 e. The number of aliphatic hydroxyl groups excluding tert-OH is 1. The summed E-state index contributed by atoms with van der Waals surface area (Å²) >= 11 is 0. The molecule has 0 unspecified atom stereocenters. The fraction of sp³-hybridized carbons (Fsp3) is 0.600. The first-order chi connectivity index (χ1) is 11.8. The molecule has 0 bridgehead atoms. The maximum atomic E-state index is 11.1. The summed E-state index contributed by atoms with van der Waals surface area (Å²) in [6, 6.07) is 0. The van der Waals surface area contributed by atoms with Crippen molar-refractivity contribution in [3.63, 3.8) is 0 Å². The highest BCUT2D eigenvalue weighted by Gasteiger charge is 2.15. The van der Waals surface area contributed by atoms with Crippen molar-refractivity contribution in [3.8, 4) is 24.7 Å². The smallest absolute Gasteiger partial charge is 0.330 e. The lowest BCUT2D eigenvalue weighted by Crippen LogP contribution is -2.24. The molecule has 1 N–H and O–H groups in total. The molecule has 26 heavy (non-hydrogen) atoms. The van der Waals surface area contributed by atoms with Crippen molar-refractivity contribution in [2.45, 2.75) is 59.2 Å². The first-order valence-corrected chi connectivity index (χ1v) is 7.95. The van der Waals surface area contributed by atoms with E-state index in [1.807, 2.05) is 47.5 Å². The number of carbonyl (C=O) groups excluding carboxylic acids is 2. The lowest BCUT2D eigenvalue weighted by atomic mass is 10.2. The van der Waals surface area contributed by atoms with Crippen LogP contribution in [-0.4, -0.2) is 48.1 Å². The zero-order valence-corrected chi connectivity index (χ0v) is 16.8. The predicted octanol–water partition coefficient (Wildman–Crippen LogP) is 2.49. The number of hydrogen-bond donors (Lipinski definition) is 1. The average molecular weight is 368 g/mol. The second-order valence-corrected chi connectivity index (χ2v) is 6.69. The lowest BCUT2D eigenvalue weighted by Gasteiger charge is -2.19. The Balaban J connectivity index is -0.000000352. The molecule has 0 atom stereocenters. The van der Waals surface area contributed by atoms with E-state index >= 15 is 0 Å². The molecular formula is C20H32O6. The van der Waals surface area contributed by atoms with Crippen LogP contribution >= 0.6 is 0 Å². The van der Waals surface area contributed by atoms with Crippen LogP contribution in [0.5, 0.6) is 0 Å². The quantitative estimate of drug-likeness (QED) is 0.347. The Kier molecular flexibility index (Phi) is 17.8. The molecule has 0 aromatic heterocycles. The third kappa shape index (κ3) is 33.4. The van der Waals surface area contributed by atoms with Gasteiger partial charge in [-0.05, 0) is 41.5 Å². The monoisotopic (exact) mass is 368 g/mol. The maximum absolute atomic E-state index is 11.1. The van der Waals surface area contributed by atoms with Gasteiger partial charge in [0.05, 0.1) is 13.0 Å². The number of ether oxygens (including phenoxy) is 3. The molecule has 0 saturated heterocycles. The molecule has 148 valence electrons. The van der Waals surface area contributed by atoms with Gasteiger partial charge in [0, 0.05) is 6.08 Å². The minimum atomic E-state index is -0.427. The van der Waals surface area contributed by atoms with E-state index in [1.54, 1.807) is 0 Å². The fourth-order valence-corrected chi connectivity index (χ4v) is 1.02. The largest absolute Gasteiger partial charge is 0.460 e. The molecular weight excluding hydrogens is 336 g/mol. The Labute approximate surface area is 157 Å². The highest BCUT2D eigenvalue weighted by molar-refractivity contribution is 5.81. The van der Waals surface area contributed by atoms with E-state index in [2.05, 4.69) is 18.9 Å². The van der Waals surface area contributed by atoms with Crippen molar-refractivity contribution in [2.75, 3.05) is 19.8 Å². The van der Waals surface area contributed by atoms with Crippen molar-refractivity contribution in [3.05, 3.63) is 12.7 Å². The molecule has 0 heterocycles. The summed E-state index contributed by atoms with van der Waals surface area (Å²) in [6.07, 6.45) is 10.9. The molecule has 0 aliphatic heterocycles. The van der Waals surface area contributed by atoms with Crippen LogP contribution in [0.4, 0.5) is 0 Å². The third-order valence-corrected chi connectivity index (χ3v) is 1.72. The van der Waals surface area contributed by atoms with Crippen LogP contribution in [0.1, 0.15) is 48.0 Å². The summed E-state index contributed by atoms with van der Waals surface area (Å²) in [5.74, 6) is 3.67. The summed E-state index contributed by atoms with van der Waals surface area (Å²) < 4.78 is 14.8. The van der Waals surface area contributed by atoms with Crippen molar-refractivity contribution in [2.24, 2.45) is 0 Å². The SMILES string of the molecule is C#CCO.C#CCOCCC(=O)OC(C)(C)C.C=CC(=O)OC(C)(C)C. The van der Waals surface area contributed by atoms with Crippen LogP contribution in [0.25, 0.3) is 0 Å². The predicted molar refractivity (Wildman–Crippen MR) is 102 cm³/mol. The highest BCUT2D eigenvalue weighted by atomic mass is 16.6. The normalized spacial score (nSPS) is 9.73. The van der Waals surface area contributed by atoms with E-state index in [0.717, 1.165) is 6.08 Å². The highest BCUT2D eigenvalue weighted by Crippen LogP contribution is 2.08. The first-order valence-electron chi connectivity index (χ1n) is 7.95. The molecule has 0 aliphatic carbocycles. The summed E-state index contributed by atoms with van der Waals surface area (Å²) in [7, 11) is 0. The maximum Gasteiger partial charge on any atom is 0.330 e. The topological polar surface area (TPSA) is 82.1 Å². The number of carbonyl (C=O) groups is 2. The van der Waals surface area contributed by atoms with E-state index in [1.165, 1.54) is 0 Å². The van der Waals surface area contributed by atoms with E-state index in [4.69, 9.17) is 25.7 Å². The molecule has 0 fully saturated rings. The van der Waals surface area contributed by atoms with Crippen LogP contribution < -0.4 is 0 Å². The molecule has 6 heteroatoms. The minimum absolute atomic E-state index is 0.153. The Morgan fingerprint density at radius 2 is 1.50 bits per heavy atom. The number of hydrogen-bond acceptors (Lipinski definition) is 6. The molecule has 0 aromatic rings. The third-order valence-electron chi connectivity index (χ3n) is 1.72. The van der Waals surface area contributed by atoms with Gasteiger partial charge in [-0.1, -0.05) is 18.4 Å². The number of esters is 2. The Bertz CT molecular complexity index is 480. The number of rotatable bonds is 5. The average Bonchev–Trinajstić information content (AvgIpc) is 2.49. The van der Waals surface area contributed by atoms with Gasteiger partial charge in [0.25, 0.3) is 0 Å².